The highest BCUT2D eigenvalue weighted by atomic mass is 32.3. The fourth-order valence-electron chi connectivity index (χ4n) is 15.7. The Kier molecular flexibility index (Phi) is 34.2. The summed E-state index contributed by atoms with van der Waals surface area (Å²) < 4.78 is 137. The van der Waals surface area contributed by atoms with Gasteiger partial charge in [0.15, 0.2) is 0 Å². The molecule has 0 radical (unpaired) electrons. The van der Waals surface area contributed by atoms with Gasteiger partial charge in [-0.3, -0.25) is 19.9 Å². The van der Waals surface area contributed by atoms with Crippen LogP contribution in [0.4, 0.5) is 22.7 Å². The van der Waals surface area contributed by atoms with E-state index in [4.69, 9.17) is 18.9 Å². The number of anilines is 4. The summed E-state index contributed by atoms with van der Waals surface area (Å²) in [6, 6.07) is 59.4. The second-order valence-corrected chi connectivity index (χ2v) is 46.9. The normalized spacial score (nSPS) is 17.9. The zero-order chi connectivity index (χ0) is 93.9. The Morgan fingerprint density at radius 3 is 0.644 bits per heavy atom. The third-order valence-corrected chi connectivity index (χ3v) is 35.9. The lowest BCUT2D eigenvalue weighted by molar-refractivity contribution is 0.0780. The molecule has 12 heterocycles. The van der Waals surface area contributed by atoms with E-state index in [1.165, 1.54) is 45.3 Å². The van der Waals surface area contributed by atoms with Crippen molar-refractivity contribution in [3.8, 4) is 0 Å². The van der Waals surface area contributed by atoms with Gasteiger partial charge >= 0.3 is 0 Å². The quantitative estimate of drug-likeness (QED) is 0.0304. The second-order valence-electron chi connectivity index (χ2n) is 34.5. The lowest BCUT2D eigenvalue weighted by atomic mass is 9.98. The van der Waals surface area contributed by atoms with Crippen molar-refractivity contribution in [1.82, 2.24) is 37.2 Å². The Hall–Kier alpha value is -9.20. The average molecular weight is 1950 g/mol. The molecule has 12 aromatic rings. The van der Waals surface area contributed by atoms with Crippen molar-refractivity contribution in [2.45, 2.75) is 145 Å². The molecule has 132 heavy (non-hydrogen) atoms. The van der Waals surface area contributed by atoms with Crippen LogP contribution in [0.5, 0.6) is 0 Å². The summed E-state index contributed by atoms with van der Waals surface area (Å²) in [5.74, 6) is 0. The molecule has 4 atom stereocenters. The fourth-order valence-corrected chi connectivity index (χ4v) is 26.1. The van der Waals surface area contributed by atoms with Crippen LogP contribution in [-0.4, -0.2) is 220 Å². The molecule has 4 aliphatic rings. The van der Waals surface area contributed by atoms with Crippen LogP contribution in [-0.2, 0) is 108 Å². The average Bonchev–Trinajstić information content (AvgIpc) is 1.36. The van der Waals surface area contributed by atoms with Gasteiger partial charge in [-0.1, -0.05) is 97.1 Å². The maximum absolute atomic E-state index is 13.1. The van der Waals surface area contributed by atoms with Crippen molar-refractivity contribution in [2.24, 2.45) is 0 Å². The molecule has 4 fully saturated rings. The third kappa shape index (κ3) is 26.7. The Labute approximate surface area is 791 Å². The Bertz CT molecular complexity index is 5260. The number of hydrogen-bond donors (Lipinski definition) is 4. The van der Waals surface area contributed by atoms with Crippen LogP contribution in [0.2, 0.25) is 0 Å². The summed E-state index contributed by atoms with van der Waals surface area (Å²) in [6.45, 7) is 22.3. The number of rotatable bonds is 32. The zero-order valence-corrected chi connectivity index (χ0v) is 81.7. The first-order valence-corrected chi connectivity index (χ1v) is 52.7. The number of piperazine rings is 4. The van der Waals surface area contributed by atoms with Crippen LogP contribution < -0.4 is 19.6 Å². The third-order valence-electron chi connectivity index (χ3n) is 23.0. The minimum Gasteiger partial charge on any atom is -0.386 e. The molecule has 36 heteroatoms. The van der Waals surface area contributed by atoms with Crippen LogP contribution in [0.15, 0.2) is 282 Å². The molecule has 0 aliphatic carbocycles. The summed E-state index contributed by atoms with van der Waals surface area (Å²) in [5.41, 5.74) is 7.43. The van der Waals surface area contributed by atoms with Crippen LogP contribution in [0.1, 0.15) is 99.9 Å². The molecule has 16 rings (SSSR count). The van der Waals surface area contributed by atoms with Crippen molar-refractivity contribution in [1.29, 1.82) is 0 Å². The Morgan fingerprint density at radius 1 is 0.288 bits per heavy atom. The SMILES string of the molecule is CC(C)(O)c1ccc(N2CCN(S(=O)(=O)c3cccs3)C[C@@H]2COCc2cccnc2)cc1.CC(C)(O)c1ccc(N2CCN(S(=O)(=O)c3cccs3)C[C@@H]2COCc2cccnc2)cc1.CC(C)(O)c1ccc(N2CCN(S(=O)(=O)c3cccs3)C[C@H]2COCc2cccnc2)cc1.CC(C)(O)c1ccc(N2CCN(S(=O)(=O)c3cccs3)C[C@H]2COCc2cccnc2)cc1. The van der Waals surface area contributed by atoms with Crippen LogP contribution >= 0.6 is 45.3 Å². The van der Waals surface area contributed by atoms with Crippen molar-refractivity contribution >= 4 is 108 Å². The first-order valence-electron chi connectivity index (χ1n) is 43.4. The van der Waals surface area contributed by atoms with Gasteiger partial charge in [0, 0.05) is 151 Å². The highest BCUT2D eigenvalue weighted by Crippen LogP contribution is 2.36. The molecule has 0 saturated carbocycles. The van der Waals surface area contributed by atoms with Crippen molar-refractivity contribution < 1.29 is 73.0 Å². The maximum Gasteiger partial charge on any atom is 0.252 e. The highest BCUT2D eigenvalue weighted by molar-refractivity contribution is 7.92. The van der Waals surface area contributed by atoms with E-state index in [-0.39, 0.29) is 24.2 Å². The van der Waals surface area contributed by atoms with E-state index < -0.39 is 62.5 Å². The molecule has 8 aromatic heterocycles. The van der Waals surface area contributed by atoms with Gasteiger partial charge in [0.2, 0.25) is 0 Å². The highest BCUT2D eigenvalue weighted by Gasteiger charge is 2.41. The molecule has 704 valence electrons. The number of benzene rings is 4. The zero-order valence-electron chi connectivity index (χ0n) is 75.2. The van der Waals surface area contributed by atoms with Crippen molar-refractivity contribution in [3.05, 3.63) is 310 Å². The van der Waals surface area contributed by atoms with E-state index in [1.807, 2.05) is 146 Å². The number of aromatic nitrogens is 4. The molecule has 0 bridgehead atoms. The Morgan fingerprint density at radius 2 is 0.485 bits per heavy atom. The van der Waals surface area contributed by atoms with Crippen LogP contribution in [0.3, 0.4) is 0 Å². The molecule has 4 aromatic carbocycles. The van der Waals surface area contributed by atoms with Gasteiger partial charge in [0.05, 0.1) is 99.4 Å². The van der Waals surface area contributed by atoms with E-state index >= 15 is 0 Å². The summed E-state index contributed by atoms with van der Waals surface area (Å²) in [7, 11) is -14.1. The van der Waals surface area contributed by atoms with Gasteiger partial charge in [-0.15, -0.1) is 45.3 Å². The van der Waals surface area contributed by atoms with E-state index in [1.54, 1.807) is 192 Å². The lowest BCUT2D eigenvalue weighted by Crippen LogP contribution is -2.56. The molecule has 4 N–H and O–H groups in total. The lowest BCUT2D eigenvalue weighted by Gasteiger charge is -2.42. The van der Waals surface area contributed by atoms with Crippen LogP contribution in [0.25, 0.3) is 0 Å². The van der Waals surface area contributed by atoms with Gasteiger partial charge in [-0.2, -0.15) is 17.2 Å². The predicted molar refractivity (Wildman–Crippen MR) is 519 cm³/mol. The van der Waals surface area contributed by atoms with Crippen molar-refractivity contribution in [3.63, 3.8) is 0 Å². The fraction of sp³-hybridized carbons (Fsp3) is 0.375. The molecule has 0 unspecified atom stereocenters. The topological polar surface area (TPSA) is 332 Å². The number of sulfonamides is 4. The van der Waals surface area contributed by atoms with Gasteiger partial charge in [0.1, 0.15) is 16.8 Å². The van der Waals surface area contributed by atoms with E-state index in [2.05, 4.69) is 39.5 Å². The summed E-state index contributed by atoms with van der Waals surface area (Å²) in [6.07, 6.45) is 13.9. The number of pyridine rings is 4. The first-order chi connectivity index (χ1) is 63.0. The van der Waals surface area contributed by atoms with Crippen molar-refractivity contribution in [2.75, 3.05) is 125 Å². The molecule has 4 saturated heterocycles. The summed E-state index contributed by atoms with van der Waals surface area (Å²) >= 11 is 4.94. The molecule has 0 amide bonds. The van der Waals surface area contributed by atoms with Gasteiger partial charge in [-0.25, -0.2) is 33.7 Å². The van der Waals surface area contributed by atoms with Gasteiger partial charge in [0.25, 0.3) is 40.1 Å². The van der Waals surface area contributed by atoms with E-state index in [0.717, 1.165) is 67.3 Å². The molecular weight excluding hydrogens is 1830 g/mol. The van der Waals surface area contributed by atoms with E-state index in [9.17, 15) is 54.1 Å². The first kappa shape index (κ1) is 100. The predicted octanol–water partition coefficient (Wildman–Crippen LogP) is 13.9. The molecule has 28 nitrogen and oxygen atoms in total. The number of ether oxygens (including phenoxy) is 4. The monoisotopic (exact) mass is 1950 g/mol. The number of aliphatic hydroxyl groups is 4. The molecule has 4 aliphatic heterocycles. The van der Waals surface area contributed by atoms with Crippen LogP contribution in [0, 0.1) is 0 Å². The Balaban J connectivity index is 0.000000150. The number of thiophene rings is 4. The molecule has 0 spiro atoms. The smallest absolute Gasteiger partial charge is 0.252 e. The van der Waals surface area contributed by atoms with E-state index in [0.29, 0.717) is 148 Å². The summed E-state index contributed by atoms with van der Waals surface area (Å²) in [4.78, 5) is 25.2. The standard InChI is InChI=1S/4C24H29N3O4S2/c4*1-24(2,28)20-7-9-21(10-8-20)27-13-12-26(33(29,30)23-6-4-14-32-23)16-22(27)18-31-17-19-5-3-11-25-15-19/h4*3-11,14-15,22,28H,12-13,16-18H2,1-2H3/t4*22-/m1100/s1. The number of nitrogens with zero attached hydrogens (tertiary/aromatic N) is 12. The summed E-state index contributed by atoms with van der Waals surface area (Å²) in [5, 5.41) is 48.2. The molecular formula is C96H116N12O16S8. The second kappa shape index (κ2) is 45.0. The van der Waals surface area contributed by atoms with Gasteiger partial charge < -0.3 is 59.0 Å². The maximum atomic E-state index is 13.1. The minimum atomic E-state index is -3.53. The van der Waals surface area contributed by atoms with Gasteiger partial charge in [-0.05, 0) is 218 Å². The number of hydrogen-bond acceptors (Lipinski definition) is 28. The largest absolute Gasteiger partial charge is 0.386 e. The minimum absolute atomic E-state index is 0.154.